The van der Waals surface area contributed by atoms with Crippen molar-refractivity contribution < 1.29 is 50.9 Å². The van der Waals surface area contributed by atoms with Crippen molar-refractivity contribution in [2.24, 2.45) is 0 Å². The van der Waals surface area contributed by atoms with Crippen LogP contribution in [0.15, 0.2) is 18.5 Å². The number of carboxylic acid groups (broad SMARTS) is 2. The Bertz CT molecular complexity index is 827. The maximum Gasteiger partial charge on any atom is 0.490 e. The lowest BCUT2D eigenvalue weighted by Gasteiger charge is -2.39. The van der Waals surface area contributed by atoms with Crippen molar-refractivity contribution >= 4 is 17.9 Å². The van der Waals surface area contributed by atoms with Gasteiger partial charge in [-0.2, -0.15) is 26.3 Å². The molecule has 3 heterocycles. The third kappa shape index (κ3) is 9.41. The molecule has 9 nitrogen and oxygen atoms in total. The molecule has 0 bridgehead atoms. The van der Waals surface area contributed by atoms with Crippen LogP contribution in [0, 0.1) is 0 Å². The van der Waals surface area contributed by atoms with Gasteiger partial charge in [0.05, 0.1) is 5.60 Å². The monoisotopic (exact) mass is 530 g/mol. The molecule has 1 spiro atoms. The maximum absolute atomic E-state index is 10.6. The summed E-state index contributed by atoms with van der Waals surface area (Å²) in [5.41, 5.74) is 0.0628. The molecule has 36 heavy (non-hydrogen) atoms. The third-order valence-electron chi connectivity index (χ3n) is 6.06. The van der Waals surface area contributed by atoms with E-state index in [0.29, 0.717) is 6.04 Å². The zero-order valence-electron chi connectivity index (χ0n) is 19.2. The lowest BCUT2D eigenvalue weighted by atomic mass is 9.89. The van der Waals surface area contributed by atoms with E-state index in [-0.39, 0.29) is 5.60 Å². The minimum atomic E-state index is -5.08. The SMILES string of the molecule is O=C(O)C(F)(F)F.O=C(O)C(F)(F)F.c1cnc(N[C@H]2CCO[C@]3(CCN(C4CCCC4)C3)C2)nc1. The molecule has 2 atom stereocenters. The van der Waals surface area contributed by atoms with Gasteiger partial charge >= 0.3 is 24.3 Å². The number of aromatic nitrogens is 2. The summed E-state index contributed by atoms with van der Waals surface area (Å²) in [7, 11) is 0. The number of hydrogen-bond donors (Lipinski definition) is 3. The number of likely N-dealkylation sites (tertiary alicyclic amines) is 1. The van der Waals surface area contributed by atoms with E-state index in [4.69, 9.17) is 24.5 Å². The summed E-state index contributed by atoms with van der Waals surface area (Å²) in [6, 6.07) is 3.10. The molecule has 1 aromatic heterocycles. The number of halogens is 6. The van der Waals surface area contributed by atoms with Gasteiger partial charge in [-0.1, -0.05) is 12.8 Å². The first-order valence-electron chi connectivity index (χ1n) is 11.2. The largest absolute Gasteiger partial charge is 0.490 e. The number of anilines is 1. The molecule has 1 saturated carbocycles. The highest BCUT2D eigenvalue weighted by atomic mass is 19.4. The average Bonchev–Trinajstić information content (AvgIpc) is 3.45. The summed E-state index contributed by atoms with van der Waals surface area (Å²) in [5, 5.41) is 17.7. The van der Waals surface area contributed by atoms with Crippen molar-refractivity contribution in [1.29, 1.82) is 0 Å². The Morgan fingerprint density at radius 2 is 1.53 bits per heavy atom. The van der Waals surface area contributed by atoms with Gasteiger partial charge < -0.3 is 20.3 Å². The smallest absolute Gasteiger partial charge is 0.475 e. The van der Waals surface area contributed by atoms with Crippen LogP contribution in [0.3, 0.4) is 0 Å². The third-order valence-corrected chi connectivity index (χ3v) is 6.06. The second kappa shape index (κ2) is 12.5. The number of ether oxygens (including phenoxy) is 1. The van der Waals surface area contributed by atoms with Gasteiger partial charge in [0, 0.05) is 44.2 Å². The van der Waals surface area contributed by atoms with Crippen LogP contribution in [-0.4, -0.2) is 86.8 Å². The van der Waals surface area contributed by atoms with E-state index in [9.17, 15) is 26.3 Å². The molecule has 15 heteroatoms. The predicted molar refractivity (Wildman–Crippen MR) is 113 cm³/mol. The van der Waals surface area contributed by atoms with Gasteiger partial charge in [-0.05, 0) is 38.2 Å². The van der Waals surface area contributed by atoms with Gasteiger partial charge in [0.1, 0.15) is 0 Å². The number of hydrogen-bond acceptors (Lipinski definition) is 7. The fourth-order valence-corrected chi connectivity index (χ4v) is 4.45. The molecule has 0 radical (unpaired) electrons. The summed E-state index contributed by atoms with van der Waals surface area (Å²) in [6.45, 7) is 3.17. The van der Waals surface area contributed by atoms with Crippen LogP contribution < -0.4 is 5.32 Å². The topological polar surface area (TPSA) is 125 Å². The number of alkyl halides is 6. The molecule has 1 aromatic rings. The summed E-state index contributed by atoms with van der Waals surface area (Å²) in [5.74, 6) is -4.77. The highest BCUT2D eigenvalue weighted by Gasteiger charge is 2.45. The standard InChI is InChI=1S/C17H26N4O.2C2HF3O2/c1-2-5-15(4-1)21-10-7-17(13-21)12-14(6-11-22-17)20-16-18-8-3-9-19-16;2*3-2(4,5)1(6)7/h3,8-9,14-15H,1-2,4-7,10-13H2,(H,18,19,20);2*(H,6,7)/t14-,17+;;/m0../s1. The Hall–Kier alpha value is -2.68. The first-order valence-corrected chi connectivity index (χ1v) is 11.2. The molecule has 2 saturated heterocycles. The van der Waals surface area contributed by atoms with E-state index in [1.807, 2.05) is 6.07 Å². The molecular weight excluding hydrogens is 502 g/mol. The van der Waals surface area contributed by atoms with Crippen molar-refractivity contribution in [2.45, 2.75) is 75.0 Å². The maximum atomic E-state index is 10.6. The van der Waals surface area contributed by atoms with Crippen LogP contribution in [0.1, 0.15) is 44.9 Å². The van der Waals surface area contributed by atoms with Crippen LogP contribution in [0.2, 0.25) is 0 Å². The van der Waals surface area contributed by atoms with E-state index in [1.165, 1.54) is 38.6 Å². The van der Waals surface area contributed by atoms with Crippen LogP contribution in [-0.2, 0) is 14.3 Å². The molecule has 4 rings (SSSR count). The number of aliphatic carboxylic acids is 2. The van der Waals surface area contributed by atoms with Crippen molar-refractivity contribution in [3.63, 3.8) is 0 Å². The Balaban J connectivity index is 0.000000271. The lowest BCUT2D eigenvalue weighted by Crippen LogP contribution is -2.47. The van der Waals surface area contributed by atoms with Crippen molar-refractivity contribution in [1.82, 2.24) is 14.9 Å². The molecule has 1 aliphatic carbocycles. The number of carboxylic acids is 2. The number of nitrogens with zero attached hydrogens (tertiary/aromatic N) is 3. The molecular formula is C21H28F6N4O5. The predicted octanol–water partition coefficient (Wildman–Crippen LogP) is 3.72. The van der Waals surface area contributed by atoms with E-state index < -0.39 is 24.3 Å². The first kappa shape index (κ1) is 29.5. The van der Waals surface area contributed by atoms with Crippen molar-refractivity contribution in [3.8, 4) is 0 Å². The van der Waals surface area contributed by atoms with Crippen molar-refractivity contribution in [2.75, 3.05) is 25.0 Å². The van der Waals surface area contributed by atoms with Crippen LogP contribution in [0.4, 0.5) is 32.3 Å². The fraction of sp³-hybridized carbons (Fsp3) is 0.714. The van der Waals surface area contributed by atoms with Gasteiger partial charge in [0.15, 0.2) is 0 Å². The van der Waals surface area contributed by atoms with Gasteiger partial charge in [0.25, 0.3) is 0 Å². The number of nitrogens with one attached hydrogen (secondary N) is 1. The Morgan fingerprint density at radius 1 is 1.00 bits per heavy atom. The fourth-order valence-electron chi connectivity index (χ4n) is 4.45. The normalized spacial score (nSPS) is 24.9. The summed E-state index contributed by atoms with van der Waals surface area (Å²) in [6.07, 6.45) is 2.30. The van der Waals surface area contributed by atoms with E-state index in [1.54, 1.807) is 12.4 Å². The molecule has 204 valence electrons. The molecule has 3 N–H and O–H groups in total. The van der Waals surface area contributed by atoms with Crippen LogP contribution >= 0.6 is 0 Å². The minimum absolute atomic E-state index is 0.0628. The minimum Gasteiger partial charge on any atom is -0.475 e. The van der Waals surface area contributed by atoms with E-state index in [0.717, 1.165) is 38.0 Å². The van der Waals surface area contributed by atoms with Crippen molar-refractivity contribution in [3.05, 3.63) is 18.5 Å². The molecule has 3 aliphatic rings. The van der Waals surface area contributed by atoms with E-state index >= 15 is 0 Å². The highest BCUT2D eigenvalue weighted by Crippen LogP contribution is 2.38. The van der Waals surface area contributed by atoms with Crippen LogP contribution in [0.25, 0.3) is 0 Å². The van der Waals surface area contributed by atoms with Gasteiger partial charge in [-0.3, -0.25) is 4.90 Å². The molecule has 2 aliphatic heterocycles. The van der Waals surface area contributed by atoms with E-state index in [2.05, 4.69) is 20.2 Å². The second-order valence-corrected chi connectivity index (χ2v) is 8.70. The van der Waals surface area contributed by atoms with Crippen LogP contribution in [0.5, 0.6) is 0 Å². The Kier molecular flexibility index (Phi) is 10.3. The van der Waals surface area contributed by atoms with Gasteiger partial charge in [0.2, 0.25) is 5.95 Å². The quantitative estimate of drug-likeness (QED) is 0.502. The molecule has 0 amide bonds. The summed E-state index contributed by atoms with van der Waals surface area (Å²) >= 11 is 0. The first-order chi connectivity index (χ1) is 16.7. The highest BCUT2D eigenvalue weighted by molar-refractivity contribution is 5.73. The molecule has 0 aromatic carbocycles. The Labute approximate surface area is 202 Å². The number of carbonyl (C=O) groups is 2. The van der Waals surface area contributed by atoms with Gasteiger partial charge in [-0.15, -0.1) is 0 Å². The molecule has 3 fully saturated rings. The second-order valence-electron chi connectivity index (χ2n) is 8.70. The zero-order valence-corrected chi connectivity index (χ0v) is 19.2. The number of rotatable bonds is 3. The van der Waals surface area contributed by atoms with Gasteiger partial charge in [-0.25, -0.2) is 19.6 Å². The summed E-state index contributed by atoms with van der Waals surface area (Å²) < 4.78 is 69.7. The summed E-state index contributed by atoms with van der Waals surface area (Å²) in [4.78, 5) is 29.1. The Morgan fingerprint density at radius 3 is 2.03 bits per heavy atom. The zero-order chi connectivity index (χ0) is 27.0. The lowest BCUT2D eigenvalue weighted by molar-refractivity contribution is -0.193. The molecule has 0 unspecified atom stereocenters. The average molecular weight is 530 g/mol.